The molecular weight excluding hydrogens is 205 g/mol. The molecule has 4 heteroatoms. The summed E-state index contributed by atoms with van der Waals surface area (Å²) in [6.07, 6.45) is 4.12. The van der Waals surface area contributed by atoms with Crippen molar-refractivity contribution in [1.29, 1.82) is 0 Å². The van der Waals surface area contributed by atoms with Crippen LogP contribution in [0, 0.1) is 5.82 Å². The summed E-state index contributed by atoms with van der Waals surface area (Å²) in [6.45, 7) is 2.03. The number of aromatic nitrogens is 2. The molecular formula is C12H14FN3. The van der Waals surface area contributed by atoms with Crippen molar-refractivity contribution >= 4 is 11.0 Å². The highest BCUT2D eigenvalue weighted by Gasteiger charge is 2.16. The van der Waals surface area contributed by atoms with Gasteiger partial charge in [-0.15, -0.1) is 0 Å². The number of rotatable bonds is 1. The second-order valence-corrected chi connectivity index (χ2v) is 4.29. The van der Waals surface area contributed by atoms with Gasteiger partial charge in [-0.05, 0) is 37.6 Å². The smallest absolute Gasteiger partial charge is 0.125 e. The van der Waals surface area contributed by atoms with Gasteiger partial charge in [0.15, 0.2) is 0 Å². The van der Waals surface area contributed by atoms with E-state index in [0.717, 1.165) is 30.5 Å². The van der Waals surface area contributed by atoms with Crippen LogP contribution < -0.4 is 5.32 Å². The van der Waals surface area contributed by atoms with Crippen LogP contribution in [0.4, 0.5) is 4.39 Å². The third-order valence-corrected chi connectivity index (χ3v) is 3.20. The number of halogens is 1. The van der Waals surface area contributed by atoms with Crippen LogP contribution in [-0.2, 0) is 0 Å². The normalized spacial score (nSPS) is 21.4. The van der Waals surface area contributed by atoms with Crippen LogP contribution >= 0.6 is 0 Å². The van der Waals surface area contributed by atoms with Gasteiger partial charge in [0, 0.05) is 12.6 Å². The van der Waals surface area contributed by atoms with Crippen LogP contribution in [0.5, 0.6) is 0 Å². The zero-order chi connectivity index (χ0) is 11.0. The summed E-state index contributed by atoms with van der Waals surface area (Å²) in [4.78, 5) is 4.30. The van der Waals surface area contributed by atoms with Crippen molar-refractivity contribution in [2.24, 2.45) is 0 Å². The topological polar surface area (TPSA) is 29.9 Å². The second kappa shape index (κ2) is 3.87. The molecule has 1 aromatic carbocycles. The number of fused-ring (bicyclic) bond motifs is 1. The van der Waals surface area contributed by atoms with E-state index in [2.05, 4.69) is 14.9 Å². The molecule has 1 aliphatic rings. The minimum atomic E-state index is -0.196. The van der Waals surface area contributed by atoms with Crippen molar-refractivity contribution in [1.82, 2.24) is 14.9 Å². The van der Waals surface area contributed by atoms with E-state index in [1.165, 1.54) is 12.5 Å². The number of piperidine rings is 1. The standard InChI is InChI=1S/C12H14FN3/c13-9-3-4-11-12(6-9)16(8-15-11)10-2-1-5-14-7-10/h3-4,6,8,10,14H,1-2,5,7H2. The predicted molar refractivity (Wildman–Crippen MR) is 60.8 cm³/mol. The van der Waals surface area contributed by atoms with Gasteiger partial charge in [0.05, 0.1) is 17.4 Å². The Balaban J connectivity index is 2.05. The number of imidazole rings is 1. The number of nitrogens with one attached hydrogen (secondary N) is 1. The van der Waals surface area contributed by atoms with Crippen molar-refractivity contribution in [2.75, 3.05) is 13.1 Å². The molecule has 1 N–H and O–H groups in total. The lowest BCUT2D eigenvalue weighted by Gasteiger charge is -2.24. The summed E-state index contributed by atoms with van der Waals surface area (Å²) in [7, 11) is 0. The first-order valence-electron chi connectivity index (χ1n) is 5.67. The third-order valence-electron chi connectivity index (χ3n) is 3.20. The quantitative estimate of drug-likeness (QED) is 0.796. The molecule has 0 aliphatic carbocycles. The lowest BCUT2D eigenvalue weighted by molar-refractivity contribution is 0.377. The molecule has 1 fully saturated rings. The van der Waals surface area contributed by atoms with Gasteiger partial charge in [-0.3, -0.25) is 0 Å². The van der Waals surface area contributed by atoms with Gasteiger partial charge in [0.25, 0.3) is 0 Å². The predicted octanol–water partition coefficient (Wildman–Crippen LogP) is 2.10. The number of benzene rings is 1. The average Bonchev–Trinajstić information content (AvgIpc) is 2.73. The summed E-state index contributed by atoms with van der Waals surface area (Å²) in [5.41, 5.74) is 1.76. The Morgan fingerprint density at radius 1 is 1.44 bits per heavy atom. The summed E-state index contributed by atoms with van der Waals surface area (Å²) in [6, 6.07) is 5.16. The molecule has 1 aliphatic heterocycles. The van der Waals surface area contributed by atoms with Gasteiger partial charge in [0.2, 0.25) is 0 Å². The molecule has 16 heavy (non-hydrogen) atoms. The molecule has 1 unspecified atom stereocenters. The SMILES string of the molecule is Fc1ccc2ncn(C3CCCNC3)c2c1. The van der Waals surface area contributed by atoms with E-state index in [4.69, 9.17) is 0 Å². The van der Waals surface area contributed by atoms with Crippen LogP contribution in [0.2, 0.25) is 0 Å². The molecule has 0 amide bonds. The van der Waals surface area contributed by atoms with Crippen molar-refractivity contribution in [3.8, 4) is 0 Å². The molecule has 0 spiro atoms. The van der Waals surface area contributed by atoms with Crippen LogP contribution in [0.3, 0.4) is 0 Å². The van der Waals surface area contributed by atoms with Gasteiger partial charge < -0.3 is 9.88 Å². The highest BCUT2D eigenvalue weighted by molar-refractivity contribution is 5.75. The monoisotopic (exact) mass is 219 g/mol. The fraction of sp³-hybridized carbons (Fsp3) is 0.417. The molecule has 3 nitrogen and oxygen atoms in total. The van der Waals surface area contributed by atoms with Crippen LogP contribution in [0.15, 0.2) is 24.5 Å². The molecule has 0 radical (unpaired) electrons. The van der Waals surface area contributed by atoms with Gasteiger partial charge >= 0.3 is 0 Å². The molecule has 1 aromatic heterocycles. The molecule has 0 saturated carbocycles. The van der Waals surface area contributed by atoms with E-state index >= 15 is 0 Å². The van der Waals surface area contributed by atoms with Crippen molar-refractivity contribution in [3.05, 3.63) is 30.3 Å². The molecule has 3 rings (SSSR count). The van der Waals surface area contributed by atoms with E-state index in [1.807, 2.05) is 6.33 Å². The molecule has 2 heterocycles. The van der Waals surface area contributed by atoms with Crippen molar-refractivity contribution in [3.63, 3.8) is 0 Å². The largest absolute Gasteiger partial charge is 0.326 e. The minimum Gasteiger partial charge on any atom is -0.326 e. The van der Waals surface area contributed by atoms with Gasteiger partial charge in [-0.2, -0.15) is 0 Å². The highest BCUT2D eigenvalue weighted by atomic mass is 19.1. The number of hydrogen-bond acceptors (Lipinski definition) is 2. The summed E-state index contributed by atoms with van der Waals surface area (Å²) in [5.74, 6) is -0.196. The van der Waals surface area contributed by atoms with Gasteiger partial charge in [0.1, 0.15) is 5.82 Å². The maximum Gasteiger partial charge on any atom is 0.125 e. The Morgan fingerprint density at radius 2 is 2.38 bits per heavy atom. The van der Waals surface area contributed by atoms with Crippen molar-refractivity contribution in [2.45, 2.75) is 18.9 Å². The van der Waals surface area contributed by atoms with Crippen molar-refractivity contribution < 1.29 is 4.39 Å². The Labute approximate surface area is 93.3 Å². The second-order valence-electron chi connectivity index (χ2n) is 4.29. The number of nitrogens with zero attached hydrogens (tertiary/aromatic N) is 2. The Hall–Kier alpha value is -1.42. The molecule has 1 atom stereocenters. The van der Waals surface area contributed by atoms with Gasteiger partial charge in [-0.1, -0.05) is 0 Å². The minimum absolute atomic E-state index is 0.196. The highest BCUT2D eigenvalue weighted by Crippen LogP contribution is 2.23. The lowest BCUT2D eigenvalue weighted by Crippen LogP contribution is -2.31. The van der Waals surface area contributed by atoms with Crippen LogP contribution in [-0.4, -0.2) is 22.6 Å². The summed E-state index contributed by atoms with van der Waals surface area (Å²) < 4.78 is 15.3. The van der Waals surface area contributed by atoms with E-state index in [1.54, 1.807) is 12.1 Å². The zero-order valence-electron chi connectivity index (χ0n) is 8.99. The van der Waals surface area contributed by atoms with Crippen LogP contribution in [0.1, 0.15) is 18.9 Å². The first kappa shape index (κ1) is 9.78. The van der Waals surface area contributed by atoms with E-state index < -0.39 is 0 Å². The van der Waals surface area contributed by atoms with Gasteiger partial charge in [-0.25, -0.2) is 9.37 Å². The van der Waals surface area contributed by atoms with E-state index in [-0.39, 0.29) is 5.82 Å². The van der Waals surface area contributed by atoms with Crippen LogP contribution in [0.25, 0.3) is 11.0 Å². The molecule has 84 valence electrons. The lowest BCUT2D eigenvalue weighted by atomic mass is 10.1. The third kappa shape index (κ3) is 1.59. The average molecular weight is 219 g/mol. The fourth-order valence-corrected chi connectivity index (χ4v) is 2.36. The molecule has 0 bridgehead atoms. The maximum absolute atomic E-state index is 13.2. The number of hydrogen-bond donors (Lipinski definition) is 1. The molecule has 1 saturated heterocycles. The zero-order valence-corrected chi connectivity index (χ0v) is 8.99. The first-order valence-corrected chi connectivity index (χ1v) is 5.67. The Bertz CT molecular complexity index is 500. The Kier molecular flexibility index (Phi) is 2.36. The first-order chi connectivity index (χ1) is 7.84. The maximum atomic E-state index is 13.2. The molecule has 2 aromatic rings. The summed E-state index contributed by atoms with van der Waals surface area (Å²) in [5, 5.41) is 3.36. The summed E-state index contributed by atoms with van der Waals surface area (Å²) >= 11 is 0. The fourth-order valence-electron chi connectivity index (χ4n) is 2.36. The van der Waals surface area contributed by atoms with E-state index in [0.29, 0.717) is 6.04 Å². The van der Waals surface area contributed by atoms with E-state index in [9.17, 15) is 4.39 Å². The Morgan fingerprint density at radius 3 is 3.19 bits per heavy atom.